The van der Waals surface area contributed by atoms with Crippen molar-refractivity contribution in [1.82, 2.24) is 4.98 Å². The zero-order chi connectivity index (χ0) is 10.1. The van der Waals surface area contributed by atoms with Crippen LogP contribution in [0.4, 0.5) is 6.01 Å². The number of nitrogen functional groups attached to an aromatic ring is 1. The van der Waals surface area contributed by atoms with Gasteiger partial charge < -0.3 is 10.2 Å². The Kier molecular flexibility index (Phi) is 2.60. The molecule has 1 rings (SSSR count). The van der Waals surface area contributed by atoms with Crippen LogP contribution in [0.5, 0.6) is 0 Å². The average molecular weight is 204 g/mol. The highest BCUT2D eigenvalue weighted by molar-refractivity contribution is 7.91. The van der Waals surface area contributed by atoms with Crippen molar-refractivity contribution in [3.05, 3.63) is 12.0 Å². The molecule has 0 aromatic carbocycles. The molecule has 13 heavy (non-hydrogen) atoms. The highest BCUT2D eigenvalue weighted by atomic mass is 32.2. The van der Waals surface area contributed by atoms with Crippen LogP contribution < -0.4 is 5.73 Å². The van der Waals surface area contributed by atoms with Gasteiger partial charge in [-0.3, -0.25) is 0 Å². The lowest BCUT2D eigenvalue weighted by atomic mass is 10.6. The molecule has 0 bridgehead atoms. The number of hydrogen-bond donors (Lipinski definition) is 1. The summed E-state index contributed by atoms with van der Waals surface area (Å²) < 4.78 is 27.5. The molecule has 0 atom stereocenters. The van der Waals surface area contributed by atoms with E-state index < -0.39 is 15.1 Å². The fourth-order valence-corrected chi connectivity index (χ4v) is 1.64. The SMILES string of the molecule is CC(C)S(=O)(=O)Cc1coc(N)n1. The second kappa shape index (κ2) is 3.37. The predicted octanol–water partition coefficient (Wildman–Crippen LogP) is 0.580. The molecule has 74 valence electrons. The Morgan fingerprint density at radius 2 is 2.23 bits per heavy atom. The van der Waals surface area contributed by atoms with E-state index in [9.17, 15) is 8.42 Å². The van der Waals surface area contributed by atoms with Gasteiger partial charge in [-0.1, -0.05) is 0 Å². The van der Waals surface area contributed by atoms with Crippen molar-refractivity contribution in [2.24, 2.45) is 0 Å². The minimum Gasteiger partial charge on any atom is -0.432 e. The average Bonchev–Trinajstić information content (AvgIpc) is 2.34. The number of aromatic nitrogens is 1. The van der Waals surface area contributed by atoms with E-state index >= 15 is 0 Å². The van der Waals surface area contributed by atoms with E-state index in [4.69, 9.17) is 10.2 Å². The normalized spacial score (nSPS) is 12.2. The van der Waals surface area contributed by atoms with Gasteiger partial charge in [-0.25, -0.2) is 8.42 Å². The molecule has 0 radical (unpaired) electrons. The molecule has 0 aliphatic rings. The Morgan fingerprint density at radius 3 is 2.62 bits per heavy atom. The highest BCUT2D eigenvalue weighted by Crippen LogP contribution is 2.11. The van der Waals surface area contributed by atoms with Crippen molar-refractivity contribution in [1.29, 1.82) is 0 Å². The summed E-state index contributed by atoms with van der Waals surface area (Å²) in [6, 6.07) is -0.00560. The number of rotatable bonds is 3. The van der Waals surface area contributed by atoms with Gasteiger partial charge in [0.1, 0.15) is 6.26 Å². The van der Waals surface area contributed by atoms with Gasteiger partial charge in [-0.05, 0) is 13.8 Å². The number of nitrogens with two attached hydrogens (primary N) is 1. The van der Waals surface area contributed by atoms with Crippen LogP contribution in [-0.4, -0.2) is 18.7 Å². The Labute approximate surface area is 76.9 Å². The predicted molar refractivity (Wildman–Crippen MR) is 48.7 cm³/mol. The van der Waals surface area contributed by atoms with E-state index in [1.54, 1.807) is 13.8 Å². The molecule has 0 saturated carbocycles. The number of sulfone groups is 1. The van der Waals surface area contributed by atoms with Gasteiger partial charge in [0.05, 0.1) is 16.7 Å². The summed E-state index contributed by atoms with van der Waals surface area (Å²) in [7, 11) is -3.12. The maximum atomic E-state index is 11.4. The van der Waals surface area contributed by atoms with Crippen molar-refractivity contribution in [3.63, 3.8) is 0 Å². The molecule has 0 spiro atoms. The van der Waals surface area contributed by atoms with Gasteiger partial charge in [0.2, 0.25) is 0 Å². The molecule has 1 aromatic heterocycles. The Bertz CT molecular complexity index is 380. The first kappa shape index (κ1) is 10.0. The summed E-state index contributed by atoms with van der Waals surface area (Å²) in [5.41, 5.74) is 5.55. The van der Waals surface area contributed by atoms with Crippen LogP contribution in [0, 0.1) is 0 Å². The fourth-order valence-electron chi connectivity index (χ4n) is 0.762. The summed E-state index contributed by atoms with van der Waals surface area (Å²) in [6.45, 7) is 3.25. The number of anilines is 1. The third-order valence-corrected chi connectivity index (χ3v) is 3.77. The Hall–Kier alpha value is -1.04. The summed E-state index contributed by atoms with van der Waals surface area (Å²) in [5.74, 6) is -0.120. The van der Waals surface area contributed by atoms with Crippen LogP contribution in [-0.2, 0) is 15.6 Å². The second-order valence-electron chi connectivity index (χ2n) is 3.03. The van der Waals surface area contributed by atoms with Crippen molar-refractivity contribution in [3.8, 4) is 0 Å². The molecule has 1 heterocycles. The molecule has 1 aromatic rings. The van der Waals surface area contributed by atoms with E-state index in [2.05, 4.69) is 4.98 Å². The van der Waals surface area contributed by atoms with E-state index in [0.29, 0.717) is 5.69 Å². The first-order valence-corrected chi connectivity index (χ1v) is 5.55. The quantitative estimate of drug-likeness (QED) is 0.778. The number of oxazole rings is 1. The van der Waals surface area contributed by atoms with Gasteiger partial charge in [-0.2, -0.15) is 4.98 Å². The van der Waals surface area contributed by atoms with Crippen LogP contribution in [0.3, 0.4) is 0 Å². The molecule has 2 N–H and O–H groups in total. The lowest BCUT2D eigenvalue weighted by Crippen LogP contribution is -2.16. The smallest absolute Gasteiger partial charge is 0.292 e. The number of hydrogen-bond acceptors (Lipinski definition) is 5. The molecular weight excluding hydrogens is 192 g/mol. The topological polar surface area (TPSA) is 86.2 Å². The van der Waals surface area contributed by atoms with Gasteiger partial charge in [0.25, 0.3) is 6.01 Å². The summed E-state index contributed by atoms with van der Waals surface area (Å²) in [6.07, 6.45) is 1.26. The molecule has 6 heteroatoms. The highest BCUT2D eigenvalue weighted by Gasteiger charge is 2.18. The summed E-state index contributed by atoms with van der Waals surface area (Å²) in [5, 5.41) is -0.412. The van der Waals surface area contributed by atoms with Crippen molar-refractivity contribution < 1.29 is 12.8 Å². The molecule has 0 aliphatic heterocycles. The van der Waals surface area contributed by atoms with Crippen LogP contribution in [0.25, 0.3) is 0 Å². The summed E-state index contributed by atoms with van der Waals surface area (Å²) >= 11 is 0. The molecule has 0 amide bonds. The zero-order valence-electron chi connectivity index (χ0n) is 7.52. The van der Waals surface area contributed by atoms with Crippen molar-refractivity contribution >= 4 is 15.9 Å². The van der Waals surface area contributed by atoms with E-state index in [0.717, 1.165) is 0 Å². The Morgan fingerprint density at radius 1 is 1.62 bits per heavy atom. The third-order valence-electron chi connectivity index (χ3n) is 1.64. The maximum Gasteiger partial charge on any atom is 0.292 e. The minimum absolute atomic E-state index is 0.00560. The lowest BCUT2D eigenvalue weighted by Gasteiger charge is -2.03. The van der Waals surface area contributed by atoms with Gasteiger partial charge in [0.15, 0.2) is 9.84 Å². The van der Waals surface area contributed by atoms with Crippen molar-refractivity contribution in [2.45, 2.75) is 24.9 Å². The minimum atomic E-state index is -3.12. The van der Waals surface area contributed by atoms with Crippen LogP contribution >= 0.6 is 0 Å². The van der Waals surface area contributed by atoms with Gasteiger partial charge >= 0.3 is 0 Å². The molecular formula is C7H12N2O3S. The monoisotopic (exact) mass is 204 g/mol. The molecule has 5 nitrogen and oxygen atoms in total. The second-order valence-corrected chi connectivity index (χ2v) is 5.59. The zero-order valence-corrected chi connectivity index (χ0v) is 8.34. The largest absolute Gasteiger partial charge is 0.432 e. The van der Waals surface area contributed by atoms with Crippen molar-refractivity contribution in [2.75, 3.05) is 5.73 Å². The Balaban J connectivity index is 2.81. The van der Waals surface area contributed by atoms with E-state index in [1.165, 1.54) is 6.26 Å². The van der Waals surface area contributed by atoms with E-state index in [1.807, 2.05) is 0 Å². The third kappa shape index (κ3) is 2.45. The van der Waals surface area contributed by atoms with Crippen LogP contribution in [0.15, 0.2) is 10.7 Å². The van der Waals surface area contributed by atoms with Crippen LogP contribution in [0.1, 0.15) is 19.5 Å². The summed E-state index contributed by atoms with van der Waals surface area (Å²) in [4.78, 5) is 3.71. The molecule has 0 fully saturated rings. The molecule has 0 saturated heterocycles. The lowest BCUT2D eigenvalue weighted by molar-refractivity contribution is 0.575. The van der Waals surface area contributed by atoms with Gasteiger partial charge in [0, 0.05) is 0 Å². The first-order chi connectivity index (χ1) is 5.92. The van der Waals surface area contributed by atoms with Gasteiger partial charge in [-0.15, -0.1) is 0 Å². The number of nitrogens with zero attached hydrogens (tertiary/aromatic N) is 1. The van der Waals surface area contributed by atoms with E-state index in [-0.39, 0.29) is 11.8 Å². The molecule has 0 unspecified atom stereocenters. The maximum absolute atomic E-state index is 11.4. The standard InChI is InChI=1S/C7H12N2O3S/c1-5(2)13(10,11)4-6-3-12-7(8)9-6/h3,5H,4H2,1-2H3,(H2,8,9). The molecule has 0 aliphatic carbocycles. The fraction of sp³-hybridized carbons (Fsp3) is 0.571. The first-order valence-electron chi connectivity index (χ1n) is 3.83. The van der Waals surface area contributed by atoms with Crippen LogP contribution in [0.2, 0.25) is 0 Å².